The van der Waals surface area contributed by atoms with Crippen LogP contribution in [0.1, 0.15) is 11.7 Å². The second-order valence-corrected chi connectivity index (χ2v) is 5.75. The molecule has 8 nitrogen and oxygen atoms in total. The van der Waals surface area contributed by atoms with Gasteiger partial charge in [-0.05, 0) is 0 Å². The Kier molecular flexibility index (Phi) is 7.72. The summed E-state index contributed by atoms with van der Waals surface area (Å²) < 4.78 is 18.8. The van der Waals surface area contributed by atoms with E-state index in [1.165, 1.54) is 0 Å². The smallest absolute Gasteiger partial charge is 0.193 e. The van der Waals surface area contributed by atoms with Crippen molar-refractivity contribution in [3.05, 3.63) is 18.0 Å². The first-order chi connectivity index (χ1) is 11.3. The first kappa shape index (κ1) is 19.4. The van der Waals surface area contributed by atoms with Crippen LogP contribution in [-0.4, -0.2) is 79.9 Å². The van der Waals surface area contributed by atoms with E-state index in [1.54, 1.807) is 11.7 Å². The normalized spacial score (nSPS) is 25.2. The van der Waals surface area contributed by atoms with Crippen molar-refractivity contribution in [2.24, 2.45) is 12.0 Å². The Bertz CT molecular complexity index is 533. The molecule has 0 spiro atoms. The van der Waals surface area contributed by atoms with Gasteiger partial charge in [-0.1, -0.05) is 0 Å². The molecule has 2 aliphatic heterocycles. The molecule has 2 fully saturated rings. The third kappa shape index (κ3) is 5.04. The van der Waals surface area contributed by atoms with Gasteiger partial charge in [-0.2, -0.15) is 5.10 Å². The van der Waals surface area contributed by atoms with Gasteiger partial charge >= 0.3 is 0 Å². The molecule has 0 saturated carbocycles. The minimum Gasteiger partial charge on any atom is -0.376 e. The molecule has 136 valence electrons. The van der Waals surface area contributed by atoms with Crippen molar-refractivity contribution >= 4 is 29.9 Å². The number of halogens is 1. The molecule has 9 heteroatoms. The Morgan fingerprint density at radius 2 is 2.25 bits per heavy atom. The molecule has 1 N–H and O–H groups in total. The second-order valence-electron chi connectivity index (χ2n) is 5.75. The number of ether oxygens (including phenoxy) is 3. The van der Waals surface area contributed by atoms with Gasteiger partial charge in [0.05, 0.1) is 45.3 Å². The highest BCUT2D eigenvalue weighted by Gasteiger charge is 2.25. The third-order valence-electron chi connectivity index (χ3n) is 4.05. The molecule has 1 aromatic rings. The fourth-order valence-electron chi connectivity index (χ4n) is 2.84. The molecule has 2 unspecified atom stereocenters. The van der Waals surface area contributed by atoms with Crippen LogP contribution in [0, 0.1) is 0 Å². The summed E-state index contributed by atoms with van der Waals surface area (Å²) in [6.45, 7) is 4.91. The summed E-state index contributed by atoms with van der Waals surface area (Å²) in [5.74, 6) is 0.872. The molecule has 3 heterocycles. The molecule has 2 atom stereocenters. The summed E-state index contributed by atoms with van der Waals surface area (Å²) in [4.78, 5) is 6.60. The Morgan fingerprint density at radius 1 is 1.38 bits per heavy atom. The highest BCUT2D eigenvalue weighted by atomic mass is 127. The van der Waals surface area contributed by atoms with Crippen molar-refractivity contribution < 1.29 is 14.2 Å². The molecule has 0 amide bonds. The summed E-state index contributed by atoms with van der Waals surface area (Å²) in [5, 5.41) is 7.60. The fraction of sp³-hybridized carbons (Fsp3) is 0.733. The van der Waals surface area contributed by atoms with Gasteiger partial charge in [-0.15, -0.1) is 24.0 Å². The predicted molar refractivity (Wildman–Crippen MR) is 101 cm³/mol. The van der Waals surface area contributed by atoms with Crippen LogP contribution in [0.25, 0.3) is 0 Å². The lowest BCUT2D eigenvalue weighted by atomic mass is 10.1. The molecule has 0 aromatic carbocycles. The van der Waals surface area contributed by atoms with Crippen molar-refractivity contribution in [2.75, 3.05) is 53.1 Å². The van der Waals surface area contributed by atoms with Crippen molar-refractivity contribution in [1.82, 2.24) is 20.0 Å². The van der Waals surface area contributed by atoms with Crippen LogP contribution in [0.15, 0.2) is 17.4 Å². The zero-order valence-corrected chi connectivity index (χ0v) is 16.5. The number of guanidine groups is 1. The lowest BCUT2D eigenvalue weighted by Gasteiger charge is -2.35. The van der Waals surface area contributed by atoms with Gasteiger partial charge in [0.15, 0.2) is 5.96 Å². The largest absolute Gasteiger partial charge is 0.376 e. The molecule has 2 saturated heterocycles. The van der Waals surface area contributed by atoms with Gasteiger partial charge in [0, 0.05) is 38.9 Å². The van der Waals surface area contributed by atoms with Crippen LogP contribution in [0.3, 0.4) is 0 Å². The predicted octanol–water partition coefficient (Wildman–Crippen LogP) is 0.402. The standard InChI is InChI=1S/C15H25N5O3.HI/c1-16-15(17-8-13-11-21-5-6-22-13)20-3-4-23-14(10-20)12-7-18-19(2)9-12;/h7,9,13-14H,3-6,8,10-11H2,1-2H3,(H,16,17);1H. The molecule has 2 aliphatic rings. The van der Waals surface area contributed by atoms with Crippen molar-refractivity contribution in [2.45, 2.75) is 12.2 Å². The molecule has 0 radical (unpaired) electrons. The zero-order valence-electron chi connectivity index (χ0n) is 14.2. The quantitative estimate of drug-likeness (QED) is 0.408. The average Bonchev–Trinajstić information content (AvgIpc) is 3.03. The van der Waals surface area contributed by atoms with Crippen LogP contribution in [0.5, 0.6) is 0 Å². The number of aromatic nitrogens is 2. The van der Waals surface area contributed by atoms with Gasteiger partial charge in [-0.25, -0.2) is 0 Å². The van der Waals surface area contributed by atoms with Crippen LogP contribution in [-0.2, 0) is 21.3 Å². The van der Waals surface area contributed by atoms with E-state index >= 15 is 0 Å². The maximum absolute atomic E-state index is 5.87. The van der Waals surface area contributed by atoms with E-state index in [4.69, 9.17) is 14.2 Å². The van der Waals surface area contributed by atoms with Crippen molar-refractivity contribution in [3.63, 3.8) is 0 Å². The lowest BCUT2D eigenvalue weighted by Crippen LogP contribution is -2.50. The van der Waals surface area contributed by atoms with Crippen molar-refractivity contribution in [1.29, 1.82) is 0 Å². The molecule has 0 aliphatic carbocycles. The fourth-order valence-corrected chi connectivity index (χ4v) is 2.84. The van der Waals surface area contributed by atoms with Crippen LogP contribution in [0.2, 0.25) is 0 Å². The summed E-state index contributed by atoms with van der Waals surface area (Å²) in [7, 11) is 3.71. The first-order valence-electron chi connectivity index (χ1n) is 8.01. The second kappa shape index (κ2) is 9.54. The van der Waals surface area contributed by atoms with Crippen molar-refractivity contribution in [3.8, 4) is 0 Å². The summed E-state index contributed by atoms with van der Waals surface area (Å²) in [6.07, 6.45) is 3.95. The van der Waals surface area contributed by atoms with E-state index in [0.29, 0.717) is 33.0 Å². The monoisotopic (exact) mass is 451 g/mol. The van der Waals surface area contributed by atoms with E-state index in [0.717, 1.165) is 24.6 Å². The number of hydrogen-bond donors (Lipinski definition) is 1. The SMILES string of the molecule is CN=C(NCC1COCCO1)N1CCOC(c2cnn(C)c2)C1.I. The van der Waals surface area contributed by atoms with Gasteiger partial charge in [0.25, 0.3) is 0 Å². The number of hydrogen-bond acceptors (Lipinski definition) is 5. The minimum absolute atomic E-state index is 0. The molecule has 1 aromatic heterocycles. The van der Waals surface area contributed by atoms with Gasteiger partial charge in [0.2, 0.25) is 0 Å². The highest BCUT2D eigenvalue weighted by molar-refractivity contribution is 14.0. The molecular formula is C15H26IN5O3. The Labute approximate surface area is 159 Å². The van der Waals surface area contributed by atoms with E-state index < -0.39 is 0 Å². The first-order valence-corrected chi connectivity index (χ1v) is 8.01. The maximum Gasteiger partial charge on any atom is 0.193 e. The maximum atomic E-state index is 5.87. The Morgan fingerprint density at radius 3 is 2.92 bits per heavy atom. The average molecular weight is 451 g/mol. The molecular weight excluding hydrogens is 425 g/mol. The van der Waals surface area contributed by atoms with Gasteiger partial charge in [-0.3, -0.25) is 9.67 Å². The Balaban J connectivity index is 0.00000208. The Hall–Kier alpha value is -0.910. The molecule has 3 rings (SSSR count). The van der Waals surface area contributed by atoms with Crippen LogP contribution >= 0.6 is 24.0 Å². The molecule has 0 bridgehead atoms. The summed E-state index contributed by atoms with van der Waals surface area (Å²) in [5.41, 5.74) is 1.09. The van der Waals surface area contributed by atoms with E-state index in [2.05, 4.69) is 20.3 Å². The zero-order chi connectivity index (χ0) is 16.1. The third-order valence-corrected chi connectivity index (χ3v) is 4.05. The topological polar surface area (TPSA) is 73.1 Å². The van der Waals surface area contributed by atoms with E-state index in [9.17, 15) is 0 Å². The lowest BCUT2D eigenvalue weighted by molar-refractivity contribution is -0.0853. The number of morpholine rings is 1. The number of nitrogens with one attached hydrogen (secondary N) is 1. The van der Waals surface area contributed by atoms with Crippen LogP contribution in [0.4, 0.5) is 0 Å². The highest BCUT2D eigenvalue weighted by Crippen LogP contribution is 2.21. The summed E-state index contributed by atoms with van der Waals surface area (Å²) >= 11 is 0. The minimum atomic E-state index is 0. The van der Waals surface area contributed by atoms with Gasteiger partial charge < -0.3 is 24.4 Å². The number of nitrogens with zero attached hydrogens (tertiary/aromatic N) is 4. The van der Waals surface area contributed by atoms with Gasteiger partial charge in [0.1, 0.15) is 6.10 Å². The summed E-state index contributed by atoms with van der Waals surface area (Å²) in [6, 6.07) is 0. The number of rotatable bonds is 3. The number of aliphatic imine (C=N–C) groups is 1. The van der Waals surface area contributed by atoms with E-state index in [1.807, 2.05) is 19.4 Å². The van der Waals surface area contributed by atoms with E-state index in [-0.39, 0.29) is 36.2 Å². The van der Waals surface area contributed by atoms with Crippen LogP contribution < -0.4 is 5.32 Å². The molecule has 24 heavy (non-hydrogen) atoms. The number of aryl methyl sites for hydroxylation is 1.